The molecule has 3 aliphatic rings. The maximum absolute atomic E-state index is 4.13. The van der Waals surface area contributed by atoms with E-state index in [1.165, 1.54) is 114 Å². The second kappa shape index (κ2) is 35.5. The van der Waals surface area contributed by atoms with Gasteiger partial charge in [-0.2, -0.15) is 0 Å². The lowest BCUT2D eigenvalue weighted by molar-refractivity contribution is 0.680. The Morgan fingerprint density at radius 3 is 1.85 bits per heavy atom. The Balaban J connectivity index is 0.000000287. The predicted molar refractivity (Wildman–Crippen MR) is 365 cm³/mol. The average Bonchev–Trinajstić information content (AvgIpc) is 3.91. The first-order chi connectivity index (χ1) is 39.6. The number of benzene rings is 6. The van der Waals surface area contributed by atoms with E-state index in [9.17, 15) is 0 Å². The molecular formula is C81H94. The summed E-state index contributed by atoms with van der Waals surface area (Å²) in [7, 11) is 0. The van der Waals surface area contributed by atoms with Gasteiger partial charge in [-0.05, 0) is 175 Å². The number of allylic oxidation sites excluding steroid dienone is 21. The van der Waals surface area contributed by atoms with Crippen molar-refractivity contribution in [2.45, 2.75) is 127 Å². The average molecular weight is 1070 g/mol. The molecule has 0 N–H and O–H groups in total. The third-order valence-corrected chi connectivity index (χ3v) is 14.5. The Hall–Kier alpha value is -8.06. The van der Waals surface area contributed by atoms with Crippen molar-refractivity contribution in [2.75, 3.05) is 0 Å². The highest BCUT2D eigenvalue weighted by molar-refractivity contribution is 5.91. The predicted octanol–water partition coefficient (Wildman–Crippen LogP) is 23.6. The van der Waals surface area contributed by atoms with Crippen LogP contribution in [-0.4, -0.2) is 0 Å². The third kappa shape index (κ3) is 18.0. The largest absolute Gasteiger partial charge is 0.106 e. The number of hydrogen-bond donors (Lipinski definition) is 0. The first-order valence-electron chi connectivity index (χ1n) is 29.7. The zero-order valence-electron chi connectivity index (χ0n) is 51.3. The summed E-state index contributed by atoms with van der Waals surface area (Å²) in [5.41, 5.74) is 24.9. The maximum Gasteiger partial charge on any atom is 0.0637 e. The van der Waals surface area contributed by atoms with E-state index in [0.29, 0.717) is 0 Å². The molecule has 0 radical (unpaired) electrons. The molecule has 0 bridgehead atoms. The Morgan fingerprint density at radius 2 is 1.23 bits per heavy atom. The van der Waals surface area contributed by atoms with Crippen LogP contribution in [-0.2, 0) is 18.3 Å². The van der Waals surface area contributed by atoms with Crippen LogP contribution in [0.3, 0.4) is 0 Å². The van der Waals surface area contributed by atoms with Crippen molar-refractivity contribution < 1.29 is 0 Å². The quantitative estimate of drug-likeness (QED) is 0.0710. The first-order valence-corrected chi connectivity index (χ1v) is 29.7. The van der Waals surface area contributed by atoms with Crippen LogP contribution in [0.4, 0.5) is 0 Å². The van der Waals surface area contributed by atoms with Gasteiger partial charge in [-0.3, -0.25) is 0 Å². The second-order valence-electron chi connectivity index (χ2n) is 20.1. The lowest BCUT2D eigenvalue weighted by Crippen LogP contribution is -2.30. The summed E-state index contributed by atoms with van der Waals surface area (Å²) in [5, 5.41) is 0. The summed E-state index contributed by atoms with van der Waals surface area (Å²) in [4.78, 5) is 0. The van der Waals surface area contributed by atoms with Crippen LogP contribution in [0.25, 0.3) is 28.4 Å². The zero-order chi connectivity index (χ0) is 59.0. The third-order valence-electron chi connectivity index (χ3n) is 14.5. The smallest absolute Gasteiger partial charge is 0.0637 e. The van der Waals surface area contributed by atoms with Gasteiger partial charge in [-0.15, -0.1) is 13.2 Å². The molecule has 1 unspecified atom stereocenters. The topological polar surface area (TPSA) is 0 Å². The van der Waals surface area contributed by atoms with E-state index < -0.39 is 0 Å². The fraction of sp³-hybridized carbons (Fsp3) is 0.235. The van der Waals surface area contributed by atoms with Crippen LogP contribution >= 0.6 is 0 Å². The number of aryl methyl sites for hydroxylation is 3. The molecule has 0 fully saturated rings. The van der Waals surface area contributed by atoms with Gasteiger partial charge in [0.25, 0.3) is 0 Å². The molecule has 0 aromatic heterocycles. The van der Waals surface area contributed by atoms with Gasteiger partial charge >= 0.3 is 0 Å². The molecule has 6 aromatic carbocycles. The Morgan fingerprint density at radius 1 is 0.617 bits per heavy atom. The highest BCUT2D eigenvalue weighted by atomic mass is 14.5. The first kappa shape index (κ1) is 65.5. The van der Waals surface area contributed by atoms with E-state index in [1.54, 1.807) is 0 Å². The summed E-state index contributed by atoms with van der Waals surface area (Å²) in [6, 6.07) is 54.6. The minimum atomic E-state index is -0.268. The number of rotatable bonds is 15. The molecule has 1 atom stereocenters. The Labute approximate surface area is 492 Å². The Bertz CT molecular complexity index is 3250. The highest BCUT2D eigenvalue weighted by Gasteiger charge is 2.47. The van der Waals surface area contributed by atoms with Gasteiger partial charge in [0.15, 0.2) is 0 Å². The van der Waals surface area contributed by atoms with Gasteiger partial charge in [0, 0.05) is 0 Å². The van der Waals surface area contributed by atoms with E-state index in [4.69, 9.17) is 0 Å². The molecule has 0 aliphatic heterocycles. The van der Waals surface area contributed by atoms with Crippen LogP contribution in [0.1, 0.15) is 156 Å². The van der Waals surface area contributed by atoms with E-state index >= 15 is 0 Å². The summed E-state index contributed by atoms with van der Waals surface area (Å²) in [6.07, 6.45) is 38.6. The van der Waals surface area contributed by atoms with Crippen LogP contribution < -0.4 is 0 Å². The van der Waals surface area contributed by atoms with Crippen LogP contribution in [0.2, 0.25) is 0 Å². The van der Waals surface area contributed by atoms with Crippen molar-refractivity contribution in [1.29, 1.82) is 0 Å². The van der Waals surface area contributed by atoms with Crippen LogP contribution in [0.15, 0.2) is 279 Å². The second-order valence-corrected chi connectivity index (χ2v) is 20.1. The van der Waals surface area contributed by atoms with E-state index in [-0.39, 0.29) is 5.41 Å². The molecular weight excluding hydrogens is 973 g/mol. The van der Waals surface area contributed by atoms with Crippen molar-refractivity contribution in [3.05, 3.63) is 340 Å². The van der Waals surface area contributed by atoms with Crippen LogP contribution in [0.5, 0.6) is 0 Å². The maximum atomic E-state index is 4.13. The van der Waals surface area contributed by atoms with Crippen molar-refractivity contribution >= 4 is 28.4 Å². The van der Waals surface area contributed by atoms with Crippen molar-refractivity contribution in [2.24, 2.45) is 0 Å². The zero-order valence-corrected chi connectivity index (χ0v) is 51.3. The summed E-state index contributed by atoms with van der Waals surface area (Å²) in [5.74, 6) is 0. The molecule has 0 nitrogen and oxygen atoms in total. The molecule has 9 rings (SSSR count). The van der Waals surface area contributed by atoms with Crippen molar-refractivity contribution in [3.8, 4) is 0 Å². The standard InChI is InChI=1S/C38H36.C28H30.C9H12.2C2H6.C2H4/c1-5-6-15-29(4)38(33-18-11-8-12-19-33)36-21-14-13-20-34(36)35-25-23-30(27-37(35)38)22-24-32(26-28(2)3)31-16-9-7-10-17-31;1-5-6-13-25(26-14-9-7-11-21(26)2)18-16-24-17-19-28(23(4)20-24)27-15-10-8-12-22(27)3;1-2-6-9-7-4-3-5-8-9;3*1-2/h5-13,15-20,22-27H,2,14,21H2,1,3-4H3;5-7,9-11,13-15,17-20H,1,8,12,16H2,2-4H3;3-5,7-8H,2,6H2,1H3;2*1-2H3;1-2H2/b6-5-,24-22-,29-15+,32-26+;13-6-,25-18+;;;;. The fourth-order valence-electron chi connectivity index (χ4n) is 10.8. The van der Waals surface area contributed by atoms with E-state index in [2.05, 4.69) is 292 Å². The fourth-order valence-corrected chi connectivity index (χ4v) is 10.8. The minimum Gasteiger partial charge on any atom is -0.106 e. The normalized spacial score (nSPS) is 15.4. The van der Waals surface area contributed by atoms with Crippen molar-refractivity contribution in [1.82, 2.24) is 0 Å². The lowest BCUT2D eigenvalue weighted by Gasteiger charge is -2.37. The van der Waals surface area contributed by atoms with Crippen molar-refractivity contribution in [3.63, 3.8) is 0 Å². The van der Waals surface area contributed by atoms with Gasteiger partial charge in [-0.1, -0.05) is 302 Å². The highest BCUT2D eigenvalue weighted by Crippen LogP contribution is 2.57. The molecule has 0 heterocycles. The number of fused-ring (bicyclic) bond motifs is 2. The van der Waals surface area contributed by atoms with Gasteiger partial charge in [0.05, 0.1) is 5.41 Å². The SMILES string of the molecule is C=C.C=C(C)/C=C(\C=C/c1ccc2c(c1)C(/C(C)=C/C=C\C)(c1ccccc1)C1=C2C=CCC1)c1ccccc1.C=C/C=C\C(=C/Cc1ccc(C2=C(C)CCC=C2)c(C)c1)c1ccccc1C.CC.CC.CCCc1ccccc1. The molecule has 6 aromatic rings. The molecule has 0 amide bonds. The van der Waals surface area contributed by atoms with E-state index in [1.807, 2.05) is 46.8 Å². The number of hydrogen-bond acceptors (Lipinski definition) is 0. The molecule has 418 valence electrons. The van der Waals surface area contributed by atoms with Gasteiger partial charge < -0.3 is 0 Å². The van der Waals surface area contributed by atoms with Gasteiger partial charge in [0.1, 0.15) is 0 Å². The van der Waals surface area contributed by atoms with Crippen LogP contribution in [0, 0.1) is 13.8 Å². The molecule has 0 heteroatoms. The molecule has 0 saturated heterocycles. The molecule has 0 saturated carbocycles. The minimum absolute atomic E-state index is 0.268. The van der Waals surface area contributed by atoms with Gasteiger partial charge in [-0.25, -0.2) is 0 Å². The summed E-state index contributed by atoms with van der Waals surface area (Å²) in [6.45, 7) is 37.2. The summed E-state index contributed by atoms with van der Waals surface area (Å²) < 4.78 is 0. The van der Waals surface area contributed by atoms with Gasteiger partial charge in [0.2, 0.25) is 0 Å². The molecule has 3 aliphatic carbocycles. The monoisotopic (exact) mass is 1070 g/mol. The molecule has 81 heavy (non-hydrogen) atoms. The summed E-state index contributed by atoms with van der Waals surface area (Å²) >= 11 is 0. The molecule has 0 spiro atoms. The Kier molecular flexibility index (Phi) is 28.7. The lowest BCUT2D eigenvalue weighted by atomic mass is 9.65. The van der Waals surface area contributed by atoms with E-state index in [0.717, 1.165) is 36.8 Å².